The first-order valence-corrected chi connectivity index (χ1v) is 6.94. The highest BCUT2D eigenvalue weighted by Gasteiger charge is 2.11. The molecule has 0 atom stereocenters. The van der Waals surface area contributed by atoms with Crippen molar-refractivity contribution in [2.45, 2.75) is 6.54 Å². The number of carbonyl (C=O) groups excluding carboxylic acids is 1. The van der Waals surface area contributed by atoms with Crippen LogP contribution in [0.3, 0.4) is 0 Å². The summed E-state index contributed by atoms with van der Waals surface area (Å²) < 4.78 is 4.81. The summed E-state index contributed by atoms with van der Waals surface area (Å²) in [5, 5.41) is 10.3. The molecule has 0 aliphatic carbocycles. The number of thiophene rings is 1. The Hall–Kier alpha value is -2.47. The highest BCUT2D eigenvalue weighted by atomic mass is 32.1. The second-order valence-electron chi connectivity index (χ2n) is 4.08. The molecule has 3 aromatic heterocycles. The zero-order valence-corrected chi connectivity index (χ0v) is 11.3. The van der Waals surface area contributed by atoms with Gasteiger partial charge in [-0.05, 0) is 23.1 Å². The van der Waals surface area contributed by atoms with Crippen LogP contribution < -0.4 is 5.32 Å². The molecule has 0 aliphatic rings. The van der Waals surface area contributed by atoms with Gasteiger partial charge in [-0.1, -0.05) is 11.2 Å². The monoisotopic (exact) mass is 285 g/mol. The molecule has 0 aliphatic heterocycles. The standard InChI is InChI=1S/C14H11N3O2S/c18-14(12-3-6-17-19-12)16-8-10-2-1-5-15-13(10)11-4-7-20-9-11/h1-7,9H,8H2,(H,16,18). The molecule has 20 heavy (non-hydrogen) atoms. The fourth-order valence-electron chi connectivity index (χ4n) is 1.84. The predicted molar refractivity (Wildman–Crippen MR) is 75.2 cm³/mol. The maximum atomic E-state index is 11.8. The first-order valence-electron chi connectivity index (χ1n) is 6.00. The van der Waals surface area contributed by atoms with Gasteiger partial charge in [-0.25, -0.2) is 0 Å². The molecule has 3 heterocycles. The quantitative estimate of drug-likeness (QED) is 0.800. The summed E-state index contributed by atoms with van der Waals surface area (Å²) in [4.78, 5) is 16.2. The van der Waals surface area contributed by atoms with Crippen molar-refractivity contribution in [1.82, 2.24) is 15.5 Å². The summed E-state index contributed by atoms with van der Waals surface area (Å²) in [7, 11) is 0. The minimum Gasteiger partial charge on any atom is -0.351 e. The molecule has 0 fully saturated rings. The minimum absolute atomic E-state index is 0.200. The summed E-state index contributed by atoms with van der Waals surface area (Å²) in [6, 6.07) is 7.33. The van der Waals surface area contributed by atoms with E-state index in [1.807, 2.05) is 29.0 Å². The first kappa shape index (κ1) is 12.6. The topological polar surface area (TPSA) is 68.0 Å². The van der Waals surface area contributed by atoms with E-state index in [1.165, 1.54) is 12.3 Å². The molecule has 3 rings (SSSR count). The van der Waals surface area contributed by atoms with Gasteiger partial charge in [0.05, 0.1) is 11.9 Å². The van der Waals surface area contributed by atoms with E-state index in [2.05, 4.69) is 15.5 Å². The molecular weight excluding hydrogens is 274 g/mol. The van der Waals surface area contributed by atoms with E-state index in [-0.39, 0.29) is 11.7 Å². The number of hydrogen-bond acceptors (Lipinski definition) is 5. The molecule has 5 nitrogen and oxygen atoms in total. The molecule has 100 valence electrons. The fraction of sp³-hybridized carbons (Fsp3) is 0.0714. The van der Waals surface area contributed by atoms with Crippen LogP contribution in [0, 0.1) is 0 Å². The normalized spacial score (nSPS) is 10.4. The maximum absolute atomic E-state index is 11.8. The molecule has 0 unspecified atom stereocenters. The van der Waals surface area contributed by atoms with Crippen molar-refractivity contribution in [3.8, 4) is 11.3 Å². The summed E-state index contributed by atoms with van der Waals surface area (Å²) in [5.74, 6) is -0.0893. The third-order valence-corrected chi connectivity index (χ3v) is 3.47. The number of pyridine rings is 1. The molecule has 0 spiro atoms. The summed E-state index contributed by atoms with van der Waals surface area (Å²) in [6.45, 7) is 0.387. The van der Waals surface area contributed by atoms with Crippen LogP contribution in [0.4, 0.5) is 0 Å². The Morgan fingerprint density at radius 1 is 1.30 bits per heavy atom. The van der Waals surface area contributed by atoms with Crippen molar-refractivity contribution in [3.05, 3.63) is 58.7 Å². The molecule has 1 N–H and O–H groups in total. The van der Waals surface area contributed by atoms with E-state index in [9.17, 15) is 4.79 Å². The zero-order chi connectivity index (χ0) is 13.8. The second-order valence-corrected chi connectivity index (χ2v) is 4.86. The van der Waals surface area contributed by atoms with Crippen molar-refractivity contribution < 1.29 is 9.32 Å². The van der Waals surface area contributed by atoms with Gasteiger partial charge in [0.2, 0.25) is 5.76 Å². The highest BCUT2D eigenvalue weighted by molar-refractivity contribution is 7.08. The SMILES string of the molecule is O=C(NCc1cccnc1-c1ccsc1)c1ccno1. The lowest BCUT2D eigenvalue weighted by Crippen LogP contribution is -2.22. The minimum atomic E-state index is -0.289. The average Bonchev–Trinajstić information content (AvgIpc) is 3.17. The second kappa shape index (κ2) is 5.66. The molecule has 0 saturated heterocycles. The number of rotatable bonds is 4. The molecule has 0 aromatic carbocycles. The lowest BCUT2D eigenvalue weighted by Gasteiger charge is -2.07. The van der Waals surface area contributed by atoms with Gasteiger partial charge in [-0.15, -0.1) is 0 Å². The van der Waals surface area contributed by atoms with Crippen LogP contribution in [0.5, 0.6) is 0 Å². The predicted octanol–water partition coefficient (Wildman–Crippen LogP) is 2.73. The number of nitrogens with zero attached hydrogens (tertiary/aromatic N) is 2. The van der Waals surface area contributed by atoms with Gasteiger partial charge in [-0.2, -0.15) is 11.3 Å². The maximum Gasteiger partial charge on any atom is 0.290 e. The summed E-state index contributed by atoms with van der Waals surface area (Å²) in [6.07, 6.45) is 3.19. The van der Waals surface area contributed by atoms with Crippen LogP contribution in [-0.2, 0) is 6.54 Å². The van der Waals surface area contributed by atoms with Gasteiger partial charge in [0, 0.05) is 29.8 Å². The van der Waals surface area contributed by atoms with Crippen LogP contribution in [0.2, 0.25) is 0 Å². The smallest absolute Gasteiger partial charge is 0.290 e. The molecule has 0 bridgehead atoms. The Bertz CT molecular complexity index is 693. The van der Waals surface area contributed by atoms with E-state index < -0.39 is 0 Å². The molecule has 1 amide bonds. The summed E-state index contributed by atoms with van der Waals surface area (Å²) in [5.41, 5.74) is 2.89. The molecule has 6 heteroatoms. The van der Waals surface area contributed by atoms with Crippen molar-refractivity contribution in [3.63, 3.8) is 0 Å². The van der Waals surface area contributed by atoms with E-state index in [1.54, 1.807) is 17.5 Å². The van der Waals surface area contributed by atoms with Crippen LogP contribution in [0.15, 0.2) is 51.9 Å². The molecular formula is C14H11N3O2S. The van der Waals surface area contributed by atoms with Crippen LogP contribution in [-0.4, -0.2) is 16.0 Å². The average molecular weight is 285 g/mol. The fourth-order valence-corrected chi connectivity index (χ4v) is 2.48. The number of amides is 1. The van der Waals surface area contributed by atoms with Crippen molar-refractivity contribution in [2.75, 3.05) is 0 Å². The first-order chi connectivity index (χ1) is 9.84. The van der Waals surface area contributed by atoms with E-state index in [0.29, 0.717) is 6.54 Å². The third kappa shape index (κ3) is 2.60. The zero-order valence-electron chi connectivity index (χ0n) is 10.4. The van der Waals surface area contributed by atoms with Gasteiger partial charge < -0.3 is 9.84 Å². The Labute approximate surface area is 119 Å². The van der Waals surface area contributed by atoms with E-state index in [4.69, 9.17) is 4.52 Å². The van der Waals surface area contributed by atoms with Crippen molar-refractivity contribution in [1.29, 1.82) is 0 Å². The molecule has 0 radical (unpaired) electrons. The largest absolute Gasteiger partial charge is 0.351 e. The van der Waals surface area contributed by atoms with Gasteiger partial charge in [0.1, 0.15) is 0 Å². The number of aromatic nitrogens is 2. The van der Waals surface area contributed by atoms with E-state index >= 15 is 0 Å². The van der Waals surface area contributed by atoms with Crippen molar-refractivity contribution in [2.24, 2.45) is 0 Å². The van der Waals surface area contributed by atoms with E-state index in [0.717, 1.165) is 16.8 Å². The number of carbonyl (C=O) groups is 1. The van der Waals surface area contributed by atoms with Gasteiger partial charge in [-0.3, -0.25) is 9.78 Å². The lowest BCUT2D eigenvalue weighted by atomic mass is 10.1. The van der Waals surface area contributed by atoms with Crippen LogP contribution >= 0.6 is 11.3 Å². The van der Waals surface area contributed by atoms with Crippen LogP contribution in [0.1, 0.15) is 16.1 Å². The Morgan fingerprint density at radius 3 is 3.00 bits per heavy atom. The molecule has 0 saturated carbocycles. The van der Waals surface area contributed by atoms with Gasteiger partial charge in [0.25, 0.3) is 5.91 Å². The summed E-state index contributed by atoms with van der Waals surface area (Å²) >= 11 is 1.61. The third-order valence-electron chi connectivity index (χ3n) is 2.79. The number of hydrogen-bond donors (Lipinski definition) is 1. The molecule has 3 aromatic rings. The van der Waals surface area contributed by atoms with Gasteiger partial charge in [0.15, 0.2) is 0 Å². The Balaban J connectivity index is 1.77. The van der Waals surface area contributed by atoms with Crippen LogP contribution in [0.25, 0.3) is 11.3 Å². The number of nitrogens with one attached hydrogen (secondary N) is 1. The Morgan fingerprint density at radius 2 is 2.25 bits per heavy atom. The highest BCUT2D eigenvalue weighted by Crippen LogP contribution is 2.23. The Kier molecular flexibility index (Phi) is 3.56. The lowest BCUT2D eigenvalue weighted by molar-refractivity contribution is 0.0914. The van der Waals surface area contributed by atoms with Crippen molar-refractivity contribution >= 4 is 17.2 Å². The van der Waals surface area contributed by atoms with Gasteiger partial charge >= 0.3 is 0 Å².